The number of pyridine rings is 1. The Labute approximate surface area is 146 Å². The maximum absolute atomic E-state index is 12.5. The molecule has 2 fully saturated rings. The summed E-state index contributed by atoms with van der Waals surface area (Å²) in [6.07, 6.45) is 5.68. The van der Waals surface area contributed by atoms with Crippen molar-refractivity contribution in [3.05, 3.63) is 48.5 Å². The van der Waals surface area contributed by atoms with Crippen LogP contribution in [0.2, 0.25) is 0 Å². The molecule has 2 aliphatic heterocycles. The molecule has 0 radical (unpaired) electrons. The molecule has 4 heterocycles. The first-order chi connectivity index (χ1) is 12.3. The average molecular weight is 339 g/mol. The highest BCUT2D eigenvalue weighted by atomic mass is 16.5. The lowest BCUT2D eigenvalue weighted by molar-refractivity contribution is -0.123. The maximum atomic E-state index is 12.5. The lowest BCUT2D eigenvalue weighted by atomic mass is 9.78. The van der Waals surface area contributed by atoms with E-state index in [1.54, 1.807) is 18.6 Å². The van der Waals surface area contributed by atoms with Crippen molar-refractivity contribution in [3.8, 4) is 0 Å². The number of ether oxygens (including phenoxy) is 1. The molecule has 0 aromatic carbocycles. The molecule has 2 saturated heterocycles. The van der Waals surface area contributed by atoms with E-state index in [9.17, 15) is 4.79 Å². The molecule has 2 aromatic rings. The highest BCUT2D eigenvalue weighted by molar-refractivity contribution is 5.77. The first-order valence-electron chi connectivity index (χ1n) is 8.51. The van der Waals surface area contributed by atoms with Gasteiger partial charge in [-0.3, -0.25) is 9.78 Å². The summed E-state index contributed by atoms with van der Waals surface area (Å²) < 4.78 is 5.70. The molecule has 2 atom stereocenters. The molecular formula is C18H21N5O2. The number of carbonyl (C=O) groups excluding carboxylic acids is 1. The van der Waals surface area contributed by atoms with Crippen molar-refractivity contribution in [1.29, 1.82) is 0 Å². The molecule has 7 heteroatoms. The van der Waals surface area contributed by atoms with Gasteiger partial charge < -0.3 is 15.0 Å². The van der Waals surface area contributed by atoms with Crippen LogP contribution in [-0.2, 0) is 16.1 Å². The number of nitrogens with zero attached hydrogens (tertiary/aromatic N) is 4. The zero-order valence-corrected chi connectivity index (χ0v) is 14.0. The second-order valence-corrected chi connectivity index (χ2v) is 6.78. The van der Waals surface area contributed by atoms with E-state index in [1.807, 2.05) is 24.3 Å². The van der Waals surface area contributed by atoms with Crippen LogP contribution in [0.4, 0.5) is 5.95 Å². The van der Waals surface area contributed by atoms with E-state index in [4.69, 9.17) is 4.74 Å². The summed E-state index contributed by atoms with van der Waals surface area (Å²) in [6.45, 7) is 3.33. The predicted octanol–water partition coefficient (Wildman–Crippen LogP) is 1.03. The summed E-state index contributed by atoms with van der Waals surface area (Å²) in [5, 5.41) is 2.98. The molecule has 7 nitrogen and oxygen atoms in total. The van der Waals surface area contributed by atoms with Crippen LogP contribution in [0.3, 0.4) is 0 Å². The third kappa shape index (κ3) is 3.32. The van der Waals surface area contributed by atoms with Gasteiger partial charge in [0.05, 0.1) is 25.5 Å². The van der Waals surface area contributed by atoms with Crippen LogP contribution in [0.15, 0.2) is 42.9 Å². The molecule has 0 aliphatic carbocycles. The van der Waals surface area contributed by atoms with Gasteiger partial charge in [0.2, 0.25) is 11.9 Å². The minimum Gasteiger partial charge on any atom is -0.380 e. The number of aromatic nitrogens is 3. The second kappa shape index (κ2) is 6.76. The first kappa shape index (κ1) is 16.0. The number of carbonyl (C=O) groups is 1. The highest BCUT2D eigenvalue weighted by Crippen LogP contribution is 2.44. The van der Waals surface area contributed by atoms with E-state index in [2.05, 4.69) is 25.2 Å². The number of anilines is 1. The van der Waals surface area contributed by atoms with Crippen molar-refractivity contribution in [1.82, 2.24) is 20.3 Å². The van der Waals surface area contributed by atoms with Crippen LogP contribution < -0.4 is 10.2 Å². The van der Waals surface area contributed by atoms with E-state index < -0.39 is 0 Å². The van der Waals surface area contributed by atoms with Crippen LogP contribution in [0.5, 0.6) is 0 Å². The number of nitrogens with one attached hydrogen (secondary N) is 1. The second-order valence-electron chi connectivity index (χ2n) is 6.78. The van der Waals surface area contributed by atoms with Gasteiger partial charge in [-0.25, -0.2) is 9.97 Å². The summed E-state index contributed by atoms with van der Waals surface area (Å²) in [7, 11) is 0. The van der Waals surface area contributed by atoms with Gasteiger partial charge >= 0.3 is 0 Å². The van der Waals surface area contributed by atoms with E-state index >= 15 is 0 Å². The summed E-state index contributed by atoms with van der Waals surface area (Å²) in [6, 6.07) is 7.50. The molecule has 0 spiro atoms. The number of hydrogen-bond donors (Lipinski definition) is 1. The fourth-order valence-corrected chi connectivity index (χ4v) is 3.76. The third-order valence-electron chi connectivity index (χ3n) is 5.06. The largest absolute Gasteiger partial charge is 0.380 e. The van der Waals surface area contributed by atoms with Crippen molar-refractivity contribution in [2.45, 2.75) is 13.0 Å². The Hall–Kier alpha value is -2.54. The molecule has 25 heavy (non-hydrogen) atoms. The standard InChI is InChI=1S/C18H21N5O2/c24-16(22-9-15-4-1-2-5-19-15)8-18-12-23(10-14(18)11-25-13-18)17-20-6-3-7-21-17/h1-7,14H,8-13H2,(H,22,24)/t14-,18+/m1/s1. The first-order valence-corrected chi connectivity index (χ1v) is 8.51. The number of amides is 1. The molecule has 0 bridgehead atoms. The van der Waals surface area contributed by atoms with Gasteiger partial charge in [-0.1, -0.05) is 6.07 Å². The third-order valence-corrected chi connectivity index (χ3v) is 5.06. The fraction of sp³-hybridized carbons (Fsp3) is 0.444. The smallest absolute Gasteiger partial charge is 0.225 e. The molecule has 2 aromatic heterocycles. The minimum absolute atomic E-state index is 0.0389. The van der Waals surface area contributed by atoms with E-state index in [0.29, 0.717) is 32.1 Å². The molecule has 1 amide bonds. The fourth-order valence-electron chi connectivity index (χ4n) is 3.76. The molecule has 1 N–H and O–H groups in total. The Bertz CT molecular complexity index is 727. The zero-order chi connectivity index (χ0) is 17.1. The summed E-state index contributed by atoms with van der Waals surface area (Å²) in [4.78, 5) is 27.6. The van der Waals surface area contributed by atoms with Crippen LogP contribution in [0.1, 0.15) is 12.1 Å². The normalized spacial score (nSPS) is 25.0. The molecule has 0 saturated carbocycles. The van der Waals surface area contributed by atoms with E-state index in [0.717, 1.165) is 24.7 Å². The van der Waals surface area contributed by atoms with Gasteiger partial charge in [-0.15, -0.1) is 0 Å². The predicted molar refractivity (Wildman–Crippen MR) is 91.7 cm³/mol. The molecular weight excluding hydrogens is 318 g/mol. The van der Waals surface area contributed by atoms with Crippen LogP contribution >= 0.6 is 0 Å². The Morgan fingerprint density at radius 2 is 2.08 bits per heavy atom. The Balaban J connectivity index is 1.40. The van der Waals surface area contributed by atoms with Crippen molar-refractivity contribution < 1.29 is 9.53 Å². The van der Waals surface area contributed by atoms with Crippen LogP contribution in [0, 0.1) is 11.3 Å². The zero-order valence-electron chi connectivity index (χ0n) is 14.0. The summed E-state index contributed by atoms with van der Waals surface area (Å²) in [5.41, 5.74) is 0.700. The van der Waals surface area contributed by atoms with Gasteiger partial charge in [0.25, 0.3) is 0 Å². The lowest BCUT2D eigenvalue weighted by Gasteiger charge is -2.26. The minimum atomic E-state index is -0.159. The molecule has 0 unspecified atom stereocenters. The topological polar surface area (TPSA) is 80.2 Å². The molecule has 4 rings (SSSR count). The quantitative estimate of drug-likeness (QED) is 0.876. The monoisotopic (exact) mass is 339 g/mol. The van der Waals surface area contributed by atoms with Crippen molar-refractivity contribution in [3.63, 3.8) is 0 Å². The SMILES string of the molecule is O=C(C[C@]12COC[C@H]1CN(c1ncccn1)C2)NCc1ccccn1. The van der Waals surface area contributed by atoms with Crippen LogP contribution in [0.25, 0.3) is 0 Å². The van der Waals surface area contributed by atoms with E-state index in [-0.39, 0.29) is 11.3 Å². The Morgan fingerprint density at radius 1 is 1.24 bits per heavy atom. The molecule has 2 aliphatic rings. The van der Waals surface area contributed by atoms with Gasteiger partial charge in [-0.05, 0) is 18.2 Å². The van der Waals surface area contributed by atoms with Crippen molar-refractivity contribution in [2.24, 2.45) is 11.3 Å². The maximum Gasteiger partial charge on any atom is 0.225 e. The Kier molecular flexibility index (Phi) is 4.31. The summed E-state index contributed by atoms with van der Waals surface area (Å²) in [5.74, 6) is 1.10. The summed E-state index contributed by atoms with van der Waals surface area (Å²) >= 11 is 0. The number of fused-ring (bicyclic) bond motifs is 1. The van der Waals surface area contributed by atoms with Gasteiger partial charge in [0.15, 0.2) is 0 Å². The Morgan fingerprint density at radius 3 is 2.88 bits per heavy atom. The van der Waals surface area contributed by atoms with Crippen LogP contribution in [-0.4, -0.2) is 47.2 Å². The average Bonchev–Trinajstić information content (AvgIpc) is 3.18. The number of rotatable bonds is 5. The lowest BCUT2D eigenvalue weighted by Crippen LogP contribution is -2.37. The van der Waals surface area contributed by atoms with Gasteiger partial charge in [-0.2, -0.15) is 0 Å². The number of hydrogen-bond acceptors (Lipinski definition) is 6. The molecule has 130 valence electrons. The highest BCUT2D eigenvalue weighted by Gasteiger charge is 2.52. The van der Waals surface area contributed by atoms with Gasteiger partial charge in [0, 0.05) is 49.4 Å². The van der Waals surface area contributed by atoms with Crippen molar-refractivity contribution >= 4 is 11.9 Å². The van der Waals surface area contributed by atoms with Gasteiger partial charge in [0.1, 0.15) is 0 Å². The van der Waals surface area contributed by atoms with Crippen molar-refractivity contribution in [2.75, 3.05) is 31.2 Å². The van der Waals surface area contributed by atoms with E-state index in [1.165, 1.54) is 0 Å².